The van der Waals surface area contributed by atoms with Crippen molar-refractivity contribution in [2.75, 3.05) is 7.11 Å². The second kappa shape index (κ2) is 7.51. The number of benzene rings is 1. The lowest BCUT2D eigenvalue weighted by Gasteiger charge is -2.26. The molecule has 3 rings (SSSR count). The van der Waals surface area contributed by atoms with Gasteiger partial charge in [0.1, 0.15) is 23.4 Å². The summed E-state index contributed by atoms with van der Waals surface area (Å²) in [6, 6.07) is 3.69. The highest BCUT2D eigenvalue weighted by atomic mass is 79.9. The number of pyridine rings is 1. The van der Waals surface area contributed by atoms with Gasteiger partial charge in [0.15, 0.2) is 11.7 Å². The second-order valence-electron chi connectivity index (χ2n) is 5.69. The van der Waals surface area contributed by atoms with Gasteiger partial charge < -0.3 is 10.1 Å². The summed E-state index contributed by atoms with van der Waals surface area (Å²) in [4.78, 5) is 20.4. The Morgan fingerprint density at radius 1 is 1.22 bits per heavy atom. The zero-order valence-corrected chi connectivity index (χ0v) is 15.8. The molecule has 0 saturated heterocycles. The summed E-state index contributed by atoms with van der Waals surface area (Å²) in [6.45, 7) is 1.59. The molecule has 1 aromatic carbocycles. The summed E-state index contributed by atoms with van der Waals surface area (Å²) in [5.41, 5.74) is 0.801. The van der Waals surface area contributed by atoms with Gasteiger partial charge in [-0.1, -0.05) is 22.0 Å². The number of amidine groups is 1. The number of nitrogens with zero attached hydrogens (tertiary/aromatic N) is 2. The Labute approximate surface area is 161 Å². The number of carbonyl (C=O) groups is 1. The van der Waals surface area contributed by atoms with E-state index in [0.717, 1.165) is 6.20 Å². The molecule has 0 saturated carbocycles. The average molecular weight is 440 g/mol. The van der Waals surface area contributed by atoms with Crippen molar-refractivity contribution < 1.29 is 22.7 Å². The van der Waals surface area contributed by atoms with Gasteiger partial charge in [-0.2, -0.15) is 0 Å². The largest absolute Gasteiger partial charge is 0.466 e. The number of rotatable bonds is 3. The third-order valence-electron chi connectivity index (χ3n) is 3.94. The predicted molar refractivity (Wildman–Crippen MR) is 95.4 cm³/mol. The van der Waals surface area contributed by atoms with Crippen LogP contribution in [0.25, 0.3) is 0 Å². The molecule has 140 valence electrons. The number of hydrogen-bond donors (Lipinski definition) is 1. The highest BCUT2D eigenvalue weighted by molar-refractivity contribution is 9.10. The predicted octanol–water partition coefficient (Wildman–Crippen LogP) is 3.80. The molecule has 2 heterocycles. The van der Waals surface area contributed by atoms with Gasteiger partial charge in [0, 0.05) is 16.2 Å². The normalized spacial score (nSPS) is 16.7. The molecule has 1 aliphatic rings. The van der Waals surface area contributed by atoms with Crippen LogP contribution in [0.5, 0.6) is 0 Å². The topological polar surface area (TPSA) is 63.6 Å². The molecule has 27 heavy (non-hydrogen) atoms. The zero-order chi connectivity index (χ0) is 19.7. The first kappa shape index (κ1) is 19.1. The molecule has 5 nitrogen and oxygen atoms in total. The minimum Gasteiger partial charge on any atom is -0.466 e. The lowest BCUT2D eigenvalue weighted by Crippen LogP contribution is -2.33. The molecule has 0 fully saturated rings. The van der Waals surface area contributed by atoms with E-state index in [4.69, 9.17) is 4.74 Å². The molecule has 0 radical (unpaired) electrons. The van der Waals surface area contributed by atoms with Crippen LogP contribution >= 0.6 is 15.9 Å². The first-order valence-corrected chi connectivity index (χ1v) is 8.51. The number of aromatic nitrogens is 1. The number of methoxy groups -OCH3 is 1. The molecule has 0 amide bonds. The number of halogens is 4. The molecule has 2 aromatic rings. The molecular formula is C18H13BrF3N3O2. The van der Waals surface area contributed by atoms with Gasteiger partial charge in [-0.3, -0.25) is 4.99 Å². The van der Waals surface area contributed by atoms with Gasteiger partial charge in [0.05, 0.1) is 18.9 Å². The van der Waals surface area contributed by atoms with Crippen molar-refractivity contribution in [2.45, 2.75) is 13.0 Å². The molecule has 1 unspecified atom stereocenters. The highest BCUT2D eigenvalue weighted by Gasteiger charge is 2.32. The van der Waals surface area contributed by atoms with Crippen LogP contribution in [0.2, 0.25) is 0 Å². The first-order chi connectivity index (χ1) is 12.8. The summed E-state index contributed by atoms with van der Waals surface area (Å²) in [7, 11) is 1.22. The van der Waals surface area contributed by atoms with E-state index < -0.39 is 29.5 Å². The standard InChI is InChI=1S/C18H13BrF3N3O2/c1-8-14(18(26)27-2)15(11-4-3-9(20)5-12(11)19)25-17(24-8)16-13(22)6-10(21)7-23-16/h3-7,15H,1-2H3,(H,24,25). The third kappa shape index (κ3) is 3.73. The van der Waals surface area contributed by atoms with E-state index >= 15 is 0 Å². The van der Waals surface area contributed by atoms with Crippen molar-refractivity contribution in [3.63, 3.8) is 0 Å². The van der Waals surface area contributed by atoms with Crippen molar-refractivity contribution in [2.24, 2.45) is 4.99 Å². The minimum absolute atomic E-state index is 0.0129. The smallest absolute Gasteiger partial charge is 0.338 e. The van der Waals surface area contributed by atoms with Crippen molar-refractivity contribution >= 4 is 27.7 Å². The molecule has 9 heteroatoms. The number of esters is 1. The Balaban J connectivity index is 2.17. The molecule has 0 bridgehead atoms. The van der Waals surface area contributed by atoms with Crippen LogP contribution in [0.15, 0.2) is 51.2 Å². The molecule has 1 aromatic heterocycles. The maximum absolute atomic E-state index is 14.2. The van der Waals surface area contributed by atoms with Gasteiger partial charge in [0.25, 0.3) is 0 Å². The quantitative estimate of drug-likeness (QED) is 0.738. The average Bonchev–Trinajstić information content (AvgIpc) is 2.60. The summed E-state index contributed by atoms with van der Waals surface area (Å²) in [6.07, 6.45) is 0.861. The van der Waals surface area contributed by atoms with E-state index in [1.54, 1.807) is 6.92 Å². The van der Waals surface area contributed by atoms with E-state index in [9.17, 15) is 18.0 Å². The van der Waals surface area contributed by atoms with Crippen LogP contribution < -0.4 is 5.32 Å². The van der Waals surface area contributed by atoms with E-state index in [1.165, 1.54) is 25.3 Å². The molecule has 1 N–H and O–H groups in total. The van der Waals surface area contributed by atoms with Crippen molar-refractivity contribution in [3.8, 4) is 0 Å². The Morgan fingerprint density at radius 2 is 1.96 bits per heavy atom. The molecule has 0 spiro atoms. The molecular weight excluding hydrogens is 427 g/mol. The van der Waals surface area contributed by atoms with Crippen LogP contribution in [0.1, 0.15) is 24.2 Å². The molecule has 1 aliphatic heterocycles. The Bertz CT molecular complexity index is 992. The van der Waals surface area contributed by atoms with Crippen LogP contribution in [-0.2, 0) is 9.53 Å². The number of ether oxygens (including phenoxy) is 1. The van der Waals surface area contributed by atoms with E-state index in [1.807, 2.05) is 0 Å². The summed E-state index contributed by atoms with van der Waals surface area (Å²) in [5, 5.41) is 2.80. The van der Waals surface area contributed by atoms with Crippen molar-refractivity contribution in [3.05, 3.63) is 74.9 Å². The van der Waals surface area contributed by atoms with Crippen LogP contribution in [0.3, 0.4) is 0 Å². The minimum atomic E-state index is -0.910. The van der Waals surface area contributed by atoms with E-state index in [-0.39, 0.29) is 17.1 Å². The number of allylic oxidation sites excluding steroid dienone is 1. The fraction of sp³-hybridized carbons (Fsp3) is 0.167. The van der Waals surface area contributed by atoms with Crippen LogP contribution in [0, 0.1) is 17.5 Å². The van der Waals surface area contributed by atoms with Gasteiger partial charge in [-0.15, -0.1) is 0 Å². The number of aliphatic imine (C=N–C) groups is 1. The summed E-state index contributed by atoms with van der Waals surface area (Å²) in [5.74, 6) is -2.84. The van der Waals surface area contributed by atoms with Gasteiger partial charge in [-0.05, 0) is 24.6 Å². The fourth-order valence-corrected chi connectivity index (χ4v) is 3.28. The fourth-order valence-electron chi connectivity index (χ4n) is 2.71. The zero-order valence-electron chi connectivity index (χ0n) is 14.2. The lowest BCUT2D eigenvalue weighted by atomic mass is 9.95. The van der Waals surface area contributed by atoms with Gasteiger partial charge in [0.2, 0.25) is 0 Å². The number of hydrogen-bond acceptors (Lipinski definition) is 5. The van der Waals surface area contributed by atoms with Crippen molar-refractivity contribution in [1.29, 1.82) is 0 Å². The van der Waals surface area contributed by atoms with E-state index in [0.29, 0.717) is 21.8 Å². The van der Waals surface area contributed by atoms with Crippen molar-refractivity contribution in [1.82, 2.24) is 10.3 Å². The van der Waals surface area contributed by atoms with Crippen LogP contribution in [-0.4, -0.2) is 23.9 Å². The molecule has 1 atom stereocenters. The SMILES string of the molecule is COC(=O)C1=C(C)NC(c2ncc(F)cc2F)=NC1c1ccc(F)cc1Br. The van der Waals surface area contributed by atoms with Gasteiger partial charge >= 0.3 is 5.97 Å². The molecule has 0 aliphatic carbocycles. The van der Waals surface area contributed by atoms with Gasteiger partial charge in [-0.25, -0.2) is 22.9 Å². The Kier molecular flexibility index (Phi) is 5.31. The third-order valence-corrected chi connectivity index (χ3v) is 4.62. The number of carbonyl (C=O) groups excluding carboxylic acids is 1. The number of nitrogens with one attached hydrogen (secondary N) is 1. The second-order valence-corrected chi connectivity index (χ2v) is 6.54. The summed E-state index contributed by atoms with van der Waals surface area (Å²) >= 11 is 3.26. The lowest BCUT2D eigenvalue weighted by molar-refractivity contribution is -0.136. The Morgan fingerprint density at radius 3 is 2.59 bits per heavy atom. The summed E-state index contributed by atoms with van der Waals surface area (Å²) < 4.78 is 46.0. The first-order valence-electron chi connectivity index (χ1n) is 7.72. The monoisotopic (exact) mass is 439 g/mol. The van der Waals surface area contributed by atoms with Crippen LogP contribution in [0.4, 0.5) is 13.2 Å². The van der Waals surface area contributed by atoms with E-state index in [2.05, 4.69) is 31.2 Å². The highest BCUT2D eigenvalue weighted by Crippen LogP contribution is 2.36. The Hall–Kier alpha value is -2.68. The maximum Gasteiger partial charge on any atom is 0.338 e. The maximum atomic E-state index is 14.2.